The van der Waals surface area contributed by atoms with E-state index in [1.165, 1.54) is 0 Å². The Morgan fingerprint density at radius 1 is 1.56 bits per heavy atom. The Bertz CT molecular complexity index is 364. The molecule has 2 rings (SSSR count). The monoisotopic (exact) mass is 284 g/mol. The van der Waals surface area contributed by atoms with Gasteiger partial charge in [0.2, 0.25) is 5.88 Å². The van der Waals surface area contributed by atoms with Gasteiger partial charge in [0.05, 0.1) is 4.47 Å². The van der Waals surface area contributed by atoms with Gasteiger partial charge in [-0.25, -0.2) is 4.98 Å². The van der Waals surface area contributed by atoms with Crippen LogP contribution in [0.2, 0.25) is 0 Å². The number of aryl methyl sites for hydroxylation is 1. The summed E-state index contributed by atoms with van der Waals surface area (Å²) in [6.45, 7) is 3.13. The van der Waals surface area contributed by atoms with Crippen LogP contribution in [-0.4, -0.2) is 24.7 Å². The summed E-state index contributed by atoms with van der Waals surface area (Å²) in [6, 6.07) is 1.97. The zero-order valence-corrected chi connectivity index (χ0v) is 11.3. The van der Waals surface area contributed by atoms with Crippen molar-refractivity contribution < 1.29 is 4.74 Å². The summed E-state index contributed by atoms with van der Waals surface area (Å²) >= 11 is 3.51. The van der Waals surface area contributed by atoms with Crippen LogP contribution in [0.1, 0.15) is 18.4 Å². The zero-order chi connectivity index (χ0) is 11.5. The van der Waals surface area contributed by atoms with Gasteiger partial charge >= 0.3 is 0 Å². The third-order valence-corrected chi connectivity index (χ3v) is 3.98. The number of rotatable bonds is 4. The highest BCUT2D eigenvalue weighted by atomic mass is 79.9. The van der Waals surface area contributed by atoms with E-state index in [2.05, 4.69) is 26.2 Å². The summed E-state index contributed by atoms with van der Waals surface area (Å²) in [5.41, 5.74) is 1.16. The summed E-state index contributed by atoms with van der Waals surface area (Å²) < 4.78 is 6.83. The Morgan fingerprint density at radius 3 is 3.00 bits per heavy atom. The molecular weight excluding hydrogens is 268 g/mol. The summed E-state index contributed by atoms with van der Waals surface area (Å²) in [5.74, 6) is 1.49. The van der Waals surface area contributed by atoms with E-state index in [0.29, 0.717) is 6.10 Å². The van der Waals surface area contributed by atoms with Gasteiger partial charge in [-0.1, -0.05) is 0 Å². The van der Waals surface area contributed by atoms with Crippen molar-refractivity contribution in [3.8, 4) is 5.88 Å². The first-order chi connectivity index (χ1) is 7.70. The van der Waals surface area contributed by atoms with Crippen LogP contribution in [-0.2, 0) is 0 Å². The summed E-state index contributed by atoms with van der Waals surface area (Å²) in [7, 11) is 1.99. The Morgan fingerprint density at radius 2 is 2.31 bits per heavy atom. The fourth-order valence-electron chi connectivity index (χ4n) is 1.98. The maximum Gasteiger partial charge on any atom is 0.228 e. The minimum atomic E-state index is 0.337. The quantitative estimate of drug-likeness (QED) is 0.923. The lowest BCUT2D eigenvalue weighted by Crippen LogP contribution is -2.38. The van der Waals surface area contributed by atoms with Crippen molar-refractivity contribution in [1.82, 2.24) is 10.3 Å². The van der Waals surface area contributed by atoms with Crippen molar-refractivity contribution in [2.24, 2.45) is 5.92 Å². The first kappa shape index (κ1) is 11.9. The van der Waals surface area contributed by atoms with Crippen LogP contribution in [0.15, 0.2) is 16.7 Å². The fraction of sp³-hybridized carbons (Fsp3) is 0.583. The molecule has 1 N–H and O–H groups in total. The van der Waals surface area contributed by atoms with Gasteiger partial charge in [0, 0.05) is 6.20 Å². The van der Waals surface area contributed by atoms with Crippen LogP contribution in [0.25, 0.3) is 0 Å². The number of hydrogen-bond acceptors (Lipinski definition) is 3. The van der Waals surface area contributed by atoms with Crippen LogP contribution in [0, 0.1) is 12.8 Å². The second kappa shape index (κ2) is 5.15. The van der Waals surface area contributed by atoms with E-state index in [1.54, 1.807) is 6.20 Å². The van der Waals surface area contributed by atoms with E-state index < -0.39 is 0 Å². The third-order valence-electron chi connectivity index (χ3n) is 3.01. The number of hydrogen-bond donors (Lipinski definition) is 1. The molecule has 1 aromatic rings. The lowest BCUT2D eigenvalue weighted by atomic mass is 9.82. The van der Waals surface area contributed by atoms with Gasteiger partial charge in [-0.2, -0.15) is 0 Å². The topological polar surface area (TPSA) is 34.1 Å². The molecule has 16 heavy (non-hydrogen) atoms. The summed E-state index contributed by atoms with van der Waals surface area (Å²) in [6.07, 6.45) is 4.38. The molecule has 1 aliphatic carbocycles. The molecule has 0 atom stereocenters. The van der Waals surface area contributed by atoms with Crippen molar-refractivity contribution in [2.45, 2.75) is 25.9 Å². The first-order valence-corrected chi connectivity index (χ1v) is 6.42. The lowest BCUT2D eigenvalue weighted by molar-refractivity contribution is 0.0609. The van der Waals surface area contributed by atoms with Gasteiger partial charge in [0.15, 0.2) is 0 Å². The van der Waals surface area contributed by atoms with Gasteiger partial charge in [0.25, 0.3) is 0 Å². The average molecular weight is 285 g/mol. The van der Waals surface area contributed by atoms with Gasteiger partial charge in [-0.05, 0) is 66.8 Å². The first-order valence-electron chi connectivity index (χ1n) is 5.63. The molecule has 3 nitrogen and oxygen atoms in total. The molecule has 0 radical (unpaired) electrons. The van der Waals surface area contributed by atoms with Crippen LogP contribution in [0.3, 0.4) is 0 Å². The van der Waals surface area contributed by atoms with E-state index in [9.17, 15) is 0 Å². The Balaban J connectivity index is 1.89. The van der Waals surface area contributed by atoms with Gasteiger partial charge in [-0.15, -0.1) is 0 Å². The predicted octanol–water partition coefficient (Wildman–Crippen LogP) is 2.53. The number of pyridine rings is 1. The summed E-state index contributed by atoms with van der Waals surface area (Å²) in [5, 5.41) is 3.19. The number of halogens is 1. The smallest absolute Gasteiger partial charge is 0.228 e. The van der Waals surface area contributed by atoms with Crippen LogP contribution in [0.4, 0.5) is 0 Å². The third kappa shape index (κ3) is 2.55. The van der Waals surface area contributed by atoms with E-state index in [1.807, 2.05) is 20.0 Å². The Labute approximate surface area is 105 Å². The normalized spacial score (nSPS) is 23.9. The van der Waals surface area contributed by atoms with E-state index in [-0.39, 0.29) is 0 Å². The van der Waals surface area contributed by atoms with E-state index >= 15 is 0 Å². The highest BCUT2D eigenvalue weighted by Gasteiger charge is 2.30. The fourth-order valence-corrected chi connectivity index (χ4v) is 2.31. The van der Waals surface area contributed by atoms with Crippen molar-refractivity contribution in [2.75, 3.05) is 13.6 Å². The largest absolute Gasteiger partial charge is 0.474 e. The molecule has 1 heterocycles. The molecule has 1 saturated carbocycles. The van der Waals surface area contributed by atoms with E-state index in [4.69, 9.17) is 4.74 Å². The highest BCUT2D eigenvalue weighted by Crippen LogP contribution is 2.33. The molecule has 0 amide bonds. The van der Waals surface area contributed by atoms with E-state index in [0.717, 1.165) is 41.2 Å². The molecule has 0 aliphatic heterocycles. The van der Waals surface area contributed by atoms with Crippen LogP contribution >= 0.6 is 15.9 Å². The molecule has 0 saturated heterocycles. The zero-order valence-electron chi connectivity index (χ0n) is 9.66. The maximum absolute atomic E-state index is 5.85. The molecule has 1 aliphatic rings. The molecule has 0 aromatic carbocycles. The standard InChI is InChI=1S/C12H17BrN2O/c1-8-3-4-15-12(11(8)13)16-10-5-9(6-10)7-14-2/h3-4,9-10,14H,5-7H2,1-2H3. The van der Waals surface area contributed by atoms with Gasteiger partial charge < -0.3 is 10.1 Å². The minimum absolute atomic E-state index is 0.337. The Hall–Kier alpha value is -0.610. The molecule has 88 valence electrons. The molecule has 1 aromatic heterocycles. The number of aromatic nitrogens is 1. The number of ether oxygens (including phenoxy) is 1. The van der Waals surface area contributed by atoms with Crippen molar-refractivity contribution in [1.29, 1.82) is 0 Å². The second-order valence-corrected chi connectivity index (χ2v) is 5.17. The van der Waals surface area contributed by atoms with Crippen molar-refractivity contribution >= 4 is 15.9 Å². The van der Waals surface area contributed by atoms with Crippen molar-refractivity contribution in [3.05, 3.63) is 22.3 Å². The predicted molar refractivity (Wildman–Crippen MR) is 67.7 cm³/mol. The van der Waals surface area contributed by atoms with Gasteiger partial charge in [-0.3, -0.25) is 0 Å². The number of nitrogens with one attached hydrogen (secondary N) is 1. The molecule has 4 heteroatoms. The Kier molecular flexibility index (Phi) is 3.82. The van der Waals surface area contributed by atoms with Gasteiger partial charge in [0.1, 0.15) is 6.10 Å². The molecular formula is C12H17BrN2O. The molecule has 1 fully saturated rings. The van der Waals surface area contributed by atoms with Crippen molar-refractivity contribution in [3.63, 3.8) is 0 Å². The lowest BCUT2D eigenvalue weighted by Gasteiger charge is -2.35. The molecule has 0 spiro atoms. The maximum atomic E-state index is 5.85. The molecule has 0 bridgehead atoms. The second-order valence-electron chi connectivity index (χ2n) is 4.38. The average Bonchev–Trinajstić information content (AvgIpc) is 2.21. The summed E-state index contributed by atoms with van der Waals surface area (Å²) in [4.78, 5) is 4.25. The minimum Gasteiger partial charge on any atom is -0.474 e. The SMILES string of the molecule is CNCC1CC(Oc2nccc(C)c2Br)C1. The number of nitrogens with zero attached hydrogens (tertiary/aromatic N) is 1. The van der Waals surface area contributed by atoms with Crippen LogP contribution < -0.4 is 10.1 Å². The highest BCUT2D eigenvalue weighted by molar-refractivity contribution is 9.10. The molecule has 0 unspecified atom stereocenters. The van der Waals surface area contributed by atoms with Crippen LogP contribution in [0.5, 0.6) is 5.88 Å².